The molecule has 6 heteroatoms. The lowest BCUT2D eigenvalue weighted by Gasteiger charge is -2.31. The lowest BCUT2D eigenvalue weighted by atomic mass is 9.85. The molecule has 1 N–H and O–H groups in total. The average molecular weight is 352 g/mol. The Bertz CT molecular complexity index is 464. The summed E-state index contributed by atoms with van der Waals surface area (Å²) in [5.41, 5.74) is 0.811. The van der Waals surface area contributed by atoms with Crippen molar-refractivity contribution < 1.29 is 17.9 Å². The summed E-state index contributed by atoms with van der Waals surface area (Å²) < 4.78 is 44.2. The monoisotopic (exact) mass is 351 g/mol. The Balaban J connectivity index is 2.01. The summed E-state index contributed by atoms with van der Waals surface area (Å²) >= 11 is 3.37. The quantitative estimate of drug-likeness (QED) is 0.828. The van der Waals surface area contributed by atoms with E-state index in [0.29, 0.717) is 12.2 Å². The number of alkyl halides is 3. The fourth-order valence-corrected chi connectivity index (χ4v) is 3.15. The Labute approximate surface area is 124 Å². The third kappa shape index (κ3) is 3.81. The van der Waals surface area contributed by atoms with E-state index in [-0.39, 0.29) is 18.9 Å². The molecule has 2 atom stereocenters. The van der Waals surface area contributed by atoms with Crippen molar-refractivity contribution in [3.63, 3.8) is 0 Å². The predicted molar refractivity (Wildman–Crippen MR) is 76.1 cm³/mol. The van der Waals surface area contributed by atoms with Crippen LogP contribution >= 0.6 is 15.9 Å². The molecule has 0 spiro atoms. The maximum Gasteiger partial charge on any atom is 0.391 e. The van der Waals surface area contributed by atoms with Gasteiger partial charge in [0.1, 0.15) is 5.75 Å². The summed E-state index contributed by atoms with van der Waals surface area (Å²) in [4.78, 5) is 0. The highest BCUT2D eigenvalue weighted by Crippen LogP contribution is 2.38. The van der Waals surface area contributed by atoms with E-state index in [2.05, 4.69) is 21.2 Å². The van der Waals surface area contributed by atoms with Gasteiger partial charge in [-0.3, -0.25) is 0 Å². The zero-order valence-corrected chi connectivity index (χ0v) is 12.7. The Kier molecular flexibility index (Phi) is 4.83. The molecule has 1 aromatic carbocycles. The summed E-state index contributed by atoms with van der Waals surface area (Å²) in [6.07, 6.45) is -2.31. The molecule has 1 fully saturated rings. The van der Waals surface area contributed by atoms with Gasteiger partial charge in [0.25, 0.3) is 0 Å². The molecule has 0 saturated heterocycles. The second kappa shape index (κ2) is 6.24. The maximum absolute atomic E-state index is 12.8. The highest BCUT2D eigenvalue weighted by Gasteiger charge is 2.42. The van der Waals surface area contributed by atoms with Crippen LogP contribution in [0.15, 0.2) is 22.7 Å². The summed E-state index contributed by atoms with van der Waals surface area (Å²) in [5.74, 6) is -0.484. The van der Waals surface area contributed by atoms with Crippen LogP contribution in [0.2, 0.25) is 0 Å². The third-order valence-electron chi connectivity index (χ3n) is 3.66. The van der Waals surface area contributed by atoms with Crippen molar-refractivity contribution in [2.45, 2.75) is 37.9 Å². The largest absolute Gasteiger partial charge is 0.496 e. The van der Waals surface area contributed by atoms with Gasteiger partial charge in [0.15, 0.2) is 0 Å². The summed E-state index contributed by atoms with van der Waals surface area (Å²) in [6, 6.07) is 5.31. The molecule has 0 radical (unpaired) electrons. The average Bonchev–Trinajstić information content (AvgIpc) is 2.38. The van der Waals surface area contributed by atoms with Crippen LogP contribution in [0.1, 0.15) is 25.7 Å². The normalized spacial score (nSPS) is 23.4. The highest BCUT2D eigenvalue weighted by atomic mass is 79.9. The zero-order chi connectivity index (χ0) is 14.8. The molecule has 2 nitrogen and oxygen atoms in total. The molecular weight excluding hydrogens is 335 g/mol. The van der Waals surface area contributed by atoms with Crippen LogP contribution in [0.4, 0.5) is 18.9 Å². The summed E-state index contributed by atoms with van der Waals surface area (Å²) in [6.45, 7) is 0. The molecule has 0 aromatic heterocycles. The van der Waals surface area contributed by atoms with Crippen LogP contribution in [-0.2, 0) is 0 Å². The first-order valence-electron chi connectivity index (χ1n) is 6.57. The standard InChI is InChI=1S/C14H17BrF3NO/c1-20-13-6-5-11(8-12(13)15)19-10-4-2-3-9(7-10)14(16,17)18/h5-6,8-10,19H,2-4,7H2,1H3. The number of hydrogen-bond donors (Lipinski definition) is 1. The zero-order valence-electron chi connectivity index (χ0n) is 11.1. The second-order valence-corrected chi connectivity index (χ2v) is 5.95. The Morgan fingerprint density at radius 3 is 2.65 bits per heavy atom. The van der Waals surface area contributed by atoms with Gasteiger partial charge in [-0.15, -0.1) is 0 Å². The number of ether oxygens (including phenoxy) is 1. The first-order valence-corrected chi connectivity index (χ1v) is 7.36. The van der Waals surface area contributed by atoms with Crippen LogP contribution in [0, 0.1) is 5.92 Å². The molecule has 20 heavy (non-hydrogen) atoms. The first kappa shape index (κ1) is 15.5. The summed E-state index contributed by atoms with van der Waals surface area (Å²) in [5, 5.41) is 3.19. The first-order chi connectivity index (χ1) is 9.40. The smallest absolute Gasteiger partial charge is 0.391 e. The van der Waals surface area contributed by atoms with Crippen molar-refractivity contribution >= 4 is 21.6 Å². The van der Waals surface area contributed by atoms with Gasteiger partial charge in [-0.25, -0.2) is 0 Å². The molecule has 112 valence electrons. The van der Waals surface area contributed by atoms with Gasteiger partial charge >= 0.3 is 6.18 Å². The van der Waals surface area contributed by atoms with Crippen LogP contribution in [0.3, 0.4) is 0 Å². The van der Waals surface area contributed by atoms with Crippen LogP contribution in [0.25, 0.3) is 0 Å². The molecule has 2 unspecified atom stereocenters. The third-order valence-corrected chi connectivity index (χ3v) is 4.28. The Morgan fingerprint density at radius 1 is 1.30 bits per heavy atom. The number of nitrogens with one attached hydrogen (secondary N) is 1. The van der Waals surface area contributed by atoms with Crippen molar-refractivity contribution in [1.29, 1.82) is 0 Å². The van der Waals surface area contributed by atoms with Crippen LogP contribution in [-0.4, -0.2) is 19.3 Å². The van der Waals surface area contributed by atoms with Gasteiger partial charge in [-0.1, -0.05) is 6.42 Å². The maximum atomic E-state index is 12.8. The second-order valence-electron chi connectivity index (χ2n) is 5.10. The van der Waals surface area contributed by atoms with Crippen molar-refractivity contribution in [1.82, 2.24) is 0 Å². The molecule has 0 aliphatic heterocycles. The Hall–Kier alpha value is -0.910. The van der Waals surface area contributed by atoms with E-state index < -0.39 is 12.1 Å². The summed E-state index contributed by atoms with van der Waals surface area (Å²) in [7, 11) is 1.57. The van der Waals surface area contributed by atoms with Crippen molar-refractivity contribution in [2.75, 3.05) is 12.4 Å². The van der Waals surface area contributed by atoms with Crippen molar-refractivity contribution in [3.05, 3.63) is 22.7 Å². The molecular formula is C14H17BrF3NO. The molecule has 0 amide bonds. The fourth-order valence-electron chi connectivity index (χ4n) is 2.61. The number of anilines is 1. The molecule has 1 saturated carbocycles. The molecule has 0 bridgehead atoms. The van der Waals surface area contributed by atoms with Crippen molar-refractivity contribution in [3.8, 4) is 5.75 Å². The number of halogens is 4. The van der Waals surface area contributed by atoms with E-state index in [1.807, 2.05) is 12.1 Å². The lowest BCUT2D eigenvalue weighted by Crippen LogP contribution is -2.34. The van der Waals surface area contributed by atoms with Gasteiger partial charge in [0.2, 0.25) is 0 Å². The van der Waals surface area contributed by atoms with Gasteiger partial charge in [-0.2, -0.15) is 13.2 Å². The highest BCUT2D eigenvalue weighted by molar-refractivity contribution is 9.10. The van der Waals surface area contributed by atoms with Gasteiger partial charge in [0.05, 0.1) is 17.5 Å². The minimum Gasteiger partial charge on any atom is -0.496 e. The predicted octanol–water partition coefficient (Wildman–Crippen LogP) is 4.99. The SMILES string of the molecule is COc1ccc(NC2CCCC(C(F)(F)F)C2)cc1Br. The number of benzene rings is 1. The van der Waals surface area contributed by atoms with Gasteiger partial charge < -0.3 is 10.1 Å². The van der Waals surface area contributed by atoms with Crippen LogP contribution < -0.4 is 10.1 Å². The minimum absolute atomic E-state index is 0.129. The van der Waals surface area contributed by atoms with E-state index in [9.17, 15) is 13.2 Å². The topological polar surface area (TPSA) is 21.3 Å². The van der Waals surface area contributed by atoms with E-state index in [0.717, 1.165) is 16.6 Å². The number of rotatable bonds is 3. The lowest BCUT2D eigenvalue weighted by molar-refractivity contribution is -0.182. The Morgan fingerprint density at radius 2 is 2.05 bits per heavy atom. The molecule has 1 aliphatic rings. The number of methoxy groups -OCH3 is 1. The van der Waals surface area contributed by atoms with E-state index in [1.54, 1.807) is 13.2 Å². The molecule has 1 aromatic rings. The fraction of sp³-hybridized carbons (Fsp3) is 0.571. The van der Waals surface area contributed by atoms with E-state index in [4.69, 9.17) is 4.74 Å². The molecule has 1 aliphatic carbocycles. The minimum atomic E-state index is -4.08. The molecule has 0 heterocycles. The van der Waals surface area contributed by atoms with Gasteiger partial charge in [0, 0.05) is 11.7 Å². The number of hydrogen-bond acceptors (Lipinski definition) is 2. The van der Waals surface area contributed by atoms with Gasteiger partial charge in [-0.05, 0) is 53.4 Å². The van der Waals surface area contributed by atoms with Crippen LogP contribution in [0.5, 0.6) is 5.75 Å². The van der Waals surface area contributed by atoms with Crippen molar-refractivity contribution in [2.24, 2.45) is 5.92 Å². The van der Waals surface area contributed by atoms with E-state index in [1.165, 1.54) is 0 Å². The molecule has 2 rings (SSSR count). The van der Waals surface area contributed by atoms with E-state index >= 15 is 0 Å².